The molecule has 0 fully saturated rings. The van der Waals surface area contributed by atoms with Gasteiger partial charge in [-0.1, -0.05) is 11.6 Å². The lowest BCUT2D eigenvalue weighted by Crippen LogP contribution is -2.10. The number of Topliss-reactive ketones (excluding diaryl/α,β-unsaturated/α-hetero) is 1. The molecule has 3 nitrogen and oxygen atoms in total. The number of rotatable bonds is 4. The number of ketones is 1. The quantitative estimate of drug-likeness (QED) is 0.369. The first-order valence-corrected chi connectivity index (χ1v) is 5.22. The number of halogens is 4. The van der Waals surface area contributed by atoms with Crippen molar-refractivity contribution in [1.29, 1.82) is 0 Å². The van der Waals surface area contributed by atoms with Gasteiger partial charge in [-0.15, -0.1) is 0 Å². The number of benzene rings is 1. The summed E-state index contributed by atoms with van der Waals surface area (Å²) in [7, 11) is 0. The summed E-state index contributed by atoms with van der Waals surface area (Å²) in [6, 6.07) is 0.423. The molecule has 0 saturated carbocycles. The van der Waals surface area contributed by atoms with Crippen molar-refractivity contribution < 1.29 is 27.5 Å². The van der Waals surface area contributed by atoms with E-state index in [9.17, 15) is 22.8 Å². The first kappa shape index (κ1) is 14.5. The Balaban J connectivity index is 2.90. The van der Waals surface area contributed by atoms with Crippen molar-refractivity contribution in [3.05, 3.63) is 34.1 Å². The van der Waals surface area contributed by atoms with Gasteiger partial charge in [0.2, 0.25) is 0 Å². The minimum absolute atomic E-state index is 0.274. The van der Waals surface area contributed by atoms with Gasteiger partial charge in [-0.25, -0.2) is 13.2 Å². The molecule has 18 heavy (non-hydrogen) atoms. The zero-order valence-electron chi connectivity index (χ0n) is 9.23. The van der Waals surface area contributed by atoms with Crippen LogP contribution in [0.2, 0.25) is 5.02 Å². The van der Waals surface area contributed by atoms with Crippen molar-refractivity contribution >= 4 is 23.4 Å². The molecule has 7 heteroatoms. The highest BCUT2D eigenvalue weighted by Gasteiger charge is 2.21. The SMILES string of the molecule is CC(=O)OCCC(=O)c1cc(F)c(F)c(Cl)c1F. The van der Waals surface area contributed by atoms with Crippen LogP contribution >= 0.6 is 11.6 Å². The van der Waals surface area contributed by atoms with Gasteiger partial charge >= 0.3 is 5.97 Å². The number of carbonyl (C=O) groups is 2. The zero-order valence-corrected chi connectivity index (χ0v) is 9.98. The second-order valence-electron chi connectivity index (χ2n) is 3.36. The Bertz CT molecular complexity index is 503. The van der Waals surface area contributed by atoms with Crippen molar-refractivity contribution in [3.63, 3.8) is 0 Å². The van der Waals surface area contributed by atoms with E-state index in [0.717, 1.165) is 6.92 Å². The summed E-state index contributed by atoms with van der Waals surface area (Å²) in [5.74, 6) is -5.74. The van der Waals surface area contributed by atoms with E-state index in [0.29, 0.717) is 6.07 Å². The van der Waals surface area contributed by atoms with E-state index in [1.165, 1.54) is 0 Å². The number of hydrogen-bond donors (Lipinski definition) is 0. The minimum Gasteiger partial charge on any atom is -0.465 e. The monoisotopic (exact) mass is 280 g/mol. The summed E-state index contributed by atoms with van der Waals surface area (Å²) in [5.41, 5.74) is -0.675. The number of esters is 1. The molecule has 0 aliphatic rings. The van der Waals surface area contributed by atoms with Crippen molar-refractivity contribution in [3.8, 4) is 0 Å². The third-order valence-electron chi connectivity index (χ3n) is 2.04. The molecule has 0 atom stereocenters. The Morgan fingerprint density at radius 3 is 2.44 bits per heavy atom. The molecule has 1 aromatic rings. The Labute approximate surface area is 105 Å². The smallest absolute Gasteiger partial charge is 0.302 e. The third kappa shape index (κ3) is 3.22. The van der Waals surface area contributed by atoms with Crippen molar-refractivity contribution in [1.82, 2.24) is 0 Å². The lowest BCUT2D eigenvalue weighted by Gasteiger charge is -2.06. The lowest BCUT2D eigenvalue weighted by molar-refractivity contribution is -0.140. The number of hydrogen-bond acceptors (Lipinski definition) is 3. The Morgan fingerprint density at radius 1 is 1.28 bits per heavy atom. The van der Waals surface area contributed by atoms with Gasteiger partial charge < -0.3 is 4.74 Å². The van der Waals surface area contributed by atoms with Gasteiger partial charge in [-0.05, 0) is 6.07 Å². The van der Waals surface area contributed by atoms with Crippen LogP contribution in [0, 0.1) is 17.5 Å². The van der Waals surface area contributed by atoms with E-state index in [4.69, 9.17) is 11.6 Å². The van der Waals surface area contributed by atoms with E-state index in [1.807, 2.05) is 0 Å². The molecule has 0 heterocycles. The molecule has 0 aromatic heterocycles. The minimum atomic E-state index is -1.55. The Hall–Kier alpha value is -1.56. The topological polar surface area (TPSA) is 43.4 Å². The van der Waals surface area contributed by atoms with Crippen LogP contribution < -0.4 is 0 Å². The van der Waals surface area contributed by atoms with Crippen molar-refractivity contribution in [2.75, 3.05) is 6.61 Å². The molecule has 0 aliphatic heterocycles. The van der Waals surface area contributed by atoms with Crippen LogP contribution in [0.5, 0.6) is 0 Å². The van der Waals surface area contributed by atoms with Crippen LogP contribution in [0.25, 0.3) is 0 Å². The summed E-state index contributed by atoms with van der Waals surface area (Å²) in [6.45, 7) is 0.865. The first-order valence-electron chi connectivity index (χ1n) is 4.84. The maximum absolute atomic E-state index is 13.4. The van der Waals surface area contributed by atoms with Gasteiger partial charge in [-0.3, -0.25) is 9.59 Å². The van der Waals surface area contributed by atoms with Gasteiger partial charge in [0.1, 0.15) is 5.02 Å². The third-order valence-corrected chi connectivity index (χ3v) is 2.37. The van der Waals surface area contributed by atoms with Gasteiger partial charge in [0.25, 0.3) is 0 Å². The average Bonchev–Trinajstić information content (AvgIpc) is 2.30. The van der Waals surface area contributed by atoms with Crippen LogP contribution in [0.1, 0.15) is 23.7 Å². The first-order chi connectivity index (χ1) is 8.34. The Kier molecular flexibility index (Phi) is 4.72. The second-order valence-corrected chi connectivity index (χ2v) is 3.74. The molecule has 0 unspecified atom stereocenters. The number of ether oxygens (including phenoxy) is 1. The van der Waals surface area contributed by atoms with Crippen LogP contribution in [0.4, 0.5) is 13.2 Å². The average molecular weight is 281 g/mol. The predicted molar refractivity (Wildman–Crippen MR) is 56.9 cm³/mol. The van der Waals surface area contributed by atoms with Gasteiger partial charge in [-0.2, -0.15) is 0 Å². The normalized spacial score (nSPS) is 10.3. The summed E-state index contributed by atoms with van der Waals surface area (Å²) in [6.07, 6.45) is -0.349. The fourth-order valence-corrected chi connectivity index (χ4v) is 1.39. The van der Waals surface area contributed by atoms with E-state index < -0.39 is 39.8 Å². The summed E-state index contributed by atoms with van der Waals surface area (Å²) < 4.78 is 43.7. The van der Waals surface area contributed by atoms with Crippen molar-refractivity contribution in [2.24, 2.45) is 0 Å². The fourth-order valence-electron chi connectivity index (χ4n) is 1.20. The molecule has 1 rings (SSSR count). The molecule has 0 aliphatic carbocycles. The Morgan fingerprint density at radius 2 is 1.89 bits per heavy atom. The highest BCUT2D eigenvalue weighted by atomic mass is 35.5. The maximum atomic E-state index is 13.4. The summed E-state index contributed by atoms with van der Waals surface area (Å²) in [5, 5.41) is -1.08. The fraction of sp³-hybridized carbons (Fsp3) is 0.273. The molecule has 0 radical (unpaired) electrons. The maximum Gasteiger partial charge on any atom is 0.302 e. The molecule has 0 saturated heterocycles. The largest absolute Gasteiger partial charge is 0.465 e. The molecule has 0 amide bonds. The van der Waals surface area contributed by atoms with Crippen molar-refractivity contribution in [2.45, 2.75) is 13.3 Å². The number of carbonyl (C=O) groups excluding carboxylic acids is 2. The lowest BCUT2D eigenvalue weighted by atomic mass is 10.1. The summed E-state index contributed by atoms with van der Waals surface area (Å²) >= 11 is 5.19. The second kappa shape index (κ2) is 5.86. The molecule has 0 bridgehead atoms. The molecule has 1 aromatic carbocycles. The van der Waals surface area contributed by atoms with Gasteiger partial charge in [0.15, 0.2) is 23.2 Å². The molecule has 98 valence electrons. The van der Waals surface area contributed by atoms with Gasteiger partial charge in [0, 0.05) is 13.3 Å². The van der Waals surface area contributed by atoms with E-state index in [2.05, 4.69) is 4.74 Å². The molecule has 0 spiro atoms. The highest BCUT2D eigenvalue weighted by molar-refractivity contribution is 6.31. The van der Waals surface area contributed by atoms with Crippen LogP contribution in [-0.4, -0.2) is 18.4 Å². The zero-order chi connectivity index (χ0) is 13.9. The van der Waals surface area contributed by atoms with Gasteiger partial charge in [0.05, 0.1) is 12.2 Å². The molecular weight excluding hydrogens is 273 g/mol. The van der Waals surface area contributed by atoms with Crippen LogP contribution in [0.15, 0.2) is 6.07 Å². The van der Waals surface area contributed by atoms with Crippen LogP contribution in [0.3, 0.4) is 0 Å². The highest BCUT2D eigenvalue weighted by Crippen LogP contribution is 2.25. The van der Waals surface area contributed by atoms with E-state index in [1.54, 1.807) is 0 Å². The predicted octanol–water partition coefficient (Wildman–Crippen LogP) is 2.89. The van der Waals surface area contributed by atoms with Crippen LogP contribution in [-0.2, 0) is 9.53 Å². The molecular formula is C11H8ClF3O3. The standard InChI is InChI=1S/C11H8ClF3O3/c1-5(16)18-3-2-8(17)6-4-7(13)11(15)9(12)10(6)14/h4H,2-3H2,1H3. The van der Waals surface area contributed by atoms with E-state index >= 15 is 0 Å². The van der Waals surface area contributed by atoms with E-state index in [-0.39, 0.29) is 13.0 Å². The summed E-state index contributed by atoms with van der Waals surface area (Å²) in [4.78, 5) is 21.9. The molecule has 0 N–H and O–H groups in total.